The molecular formula is C22H27N5O. The lowest BCUT2D eigenvalue weighted by Gasteiger charge is -2.13. The van der Waals surface area contributed by atoms with E-state index >= 15 is 0 Å². The van der Waals surface area contributed by atoms with E-state index in [1.54, 1.807) is 7.05 Å². The van der Waals surface area contributed by atoms with Crippen molar-refractivity contribution in [1.29, 1.82) is 0 Å². The Morgan fingerprint density at radius 2 is 1.71 bits per heavy atom. The fourth-order valence-electron chi connectivity index (χ4n) is 2.86. The van der Waals surface area contributed by atoms with E-state index in [1.807, 2.05) is 48.8 Å². The third-order valence-corrected chi connectivity index (χ3v) is 4.27. The van der Waals surface area contributed by atoms with Crippen molar-refractivity contribution < 1.29 is 4.74 Å². The van der Waals surface area contributed by atoms with E-state index in [1.165, 1.54) is 5.56 Å². The Labute approximate surface area is 166 Å². The van der Waals surface area contributed by atoms with Gasteiger partial charge < -0.3 is 19.9 Å². The average Bonchev–Trinajstić information content (AvgIpc) is 3.18. The molecule has 1 aromatic heterocycles. The second-order valence-corrected chi connectivity index (χ2v) is 6.29. The lowest BCUT2D eigenvalue weighted by molar-refractivity contribution is 0.322. The van der Waals surface area contributed by atoms with Crippen LogP contribution >= 0.6 is 0 Å². The minimum atomic E-state index is 0.576. The third-order valence-electron chi connectivity index (χ3n) is 4.27. The minimum Gasteiger partial charge on any atom is -0.492 e. The molecule has 6 nitrogen and oxygen atoms in total. The lowest BCUT2D eigenvalue weighted by atomic mass is 10.2. The topological polar surface area (TPSA) is 63.5 Å². The van der Waals surface area contributed by atoms with Crippen molar-refractivity contribution in [3.8, 4) is 5.75 Å². The highest BCUT2D eigenvalue weighted by Gasteiger charge is 2.04. The summed E-state index contributed by atoms with van der Waals surface area (Å²) in [7, 11) is 1.77. The van der Waals surface area contributed by atoms with Gasteiger partial charge in [-0.25, -0.2) is 4.98 Å². The summed E-state index contributed by atoms with van der Waals surface area (Å²) in [6.07, 6.45) is 4.70. The summed E-state index contributed by atoms with van der Waals surface area (Å²) in [5.74, 6) is 2.69. The van der Waals surface area contributed by atoms with Gasteiger partial charge in [0.2, 0.25) is 0 Å². The smallest absolute Gasteiger partial charge is 0.191 e. The van der Waals surface area contributed by atoms with Gasteiger partial charge in [-0.3, -0.25) is 4.99 Å². The van der Waals surface area contributed by atoms with E-state index in [4.69, 9.17) is 4.74 Å². The van der Waals surface area contributed by atoms with Crippen LogP contribution in [0.1, 0.15) is 11.4 Å². The molecule has 3 rings (SSSR count). The van der Waals surface area contributed by atoms with Crippen LogP contribution in [0.5, 0.6) is 5.75 Å². The van der Waals surface area contributed by atoms with Crippen molar-refractivity contribution >= 4 is 5.96 Å². The van der Waals surface area contributed by atoms with Gasteiger partial charge in [-0.1, -0.05) is 48.5 Å². The van der Waals surface area contributed by atoms with Crippen molar-refractivity contribution in [3.63, 3.8) is 0 Å². The Morgan fingerprint density at radius 3 is 2.46 bits per heavy atom. The minimum absolute atomic E-state index is 0.576. The second kappa shape index (κ2) is 10.8. The first-order valence-corrected chi connectivity index (χ1v) is 9.51. The molecule has 2 aromatic carbocycles. The van der Waals surface area contributed by atoms with Crippen LogP contribution in [0.4, 0.5) is 0 Å². The molecule has 146 valence electrons. The van der Waals surface area contributed by atoms with Crippen LogP contribution in [-0.2, 0) is 13.0 Å². The van der Waals surface area contributed by atoms with Crippen molar-refractivity contribution in [2.24, 2.45) is 4.99 Å². The first-order chi connectivity index (χ1) is 13.8. The van der Waals surface area contributed by atoms with Gasteiger partial charge in [0, 0.05) is 39.0 Å². The summed E-state index contributed by atoms with van der Waals surface area (Å²) in [5.41, 5.74) is 1.27. The first kappa shape index (κ1) is 19.5. The highest BCUT2D eigenvalue weighted by atomic mass is 16.5. The van der Waals surface area contributed by atoms with Gasteiger partial charge in [0.1, 0.15) is 18.2 Å². The molecule has 0 saturated heterocycles. The third kappa shape index (κ3) is 6.16. The molecule has 1 heterocycles. The molecule has 0 aliphatic rings. The number of guanidine groups is 1. The Kier molecular flexibility index (Phi) is 7.49. The van der Waals surface area contributed by atoms with Crippen LogP contribution in [0.25, 0.3) is 0 Å². The zero-order valence-corrected chi connectivity index (χ0v) is 16.2. The molecule has 6 heteroatoms. The molecule has 0 radical (unpaired) electrons. The number of para-hydroxylation sites is 1. The fraction of sp³-hybridized carbons (Fsp3) is 0.273. The van der Waals surface area contributed by atoms with Crippen molar-refractivity contribution in [2.75, 3.05) is 26.7 Å². The number of hydrogen-bond acceptors (Lipinski definition) is 3. The van der Waals surface area contributed by atoms with Crippen LogP contribution in [0.15, 0.2) is 78.0 Å². The molecule has 0 atom stereocenters. The zero-order chi connectivity index (χ0) is 19.4. The van der Waals surface area contributed by atoms with Crippen molar-refractivity contribution in [2.45, 2.75) is 13.0 Å². The van der Waals surface area contributed by atoms with Crippen molar-refractivity contribution in [1.82, 2.24) is 20.2 Å². The largest absolute Gasteiger partial charge is 0.492 e. The summed E-state index contributed by atoms with van der Waals surface area (Å²) in [6.45, 7) is 2.84. The molecule has 3 aromatic rings. The van der Waals surface area contributed by atoms with E-state index in [2.05, 4.69) is 49.4 Å². The average molecular weight is 377 g/mol. The number of nitrogens with zero attached hydrogens (tertiary/aromatic N) is 3. The number of aromatic nitrogens is 2. The molecule has 0 saturated carbocycles. The van der Waals surface area contributed by atoms with E-state index in [-0.39, 0.29) is 0 Å². The first-order valence-electron chi connectivity index (χ1n) is 9.51. The number of nitrogens with one attached hydrogen (secondary N) is 2. The predicted molar refractivity (Wildman–Crippen MR) is 113 cm³/mol. The summed E-state index contributed by atoms with van der Waals surface area (Å²) < 4.78 is 7.86. The van der Waals surface area contributed by atoms with Gasteiger partial charge in [-0.05, 0) is 17.7 Å². The highest BCUT2D eigenvalue weighted by molar-refractivity contribution is 5.79. The number of imidazole rings is 1. The van der Waals surface area contributed by atoms with Gasteiger partial charge in [-0.2, -0.15) is 0 Å². The summed E-state index contributed by atoms with van der Waals surface area (Å²) in [6, 6.07) is 20.2. The molecule has 0 fully saturated rings. The number of ether oxygens (including phenoxy) is 1. The summed E-state index contributed by atoms with van der Waals surface area (Å²) in [5, 5.41) is 6.59. The SMILES string of the molecule is CN=C(NCCOc1ccccc1)NCCc1nccn1Cc1ccccc1. The Bertz CT molecular complexity index is 846. The molecular weight excluding hydrogens is 350 g/mol. The van der Waals surface area contributed by atoms with E-state index in [0.717, 1.165) is 37.0 Å². The van der Waals surface area contributed by atoms with Gasteiger partial charge in [-0.15, -0.1) is 0 Å². The quantitative estimate of drug-likeness (QED) is 0.342. The van der Waals surface area contributed by atoms with Gasteiger partial charge in [0.05, 0.1) is 6.54 Å². The fourth-order valence-corrected chi connectivity index (χ4v) is 2.86. The summed E-state index contributed by atoms with van der Waals surface area (Å²) >= 11 is 0. The second-order valence-electron chi connectivity index (χ2n) is 6.29. The Hall–Kier alpha value is -3.28. The zero-order valence-electron chi connectivity index (χ0n) is 16.2. The van der Waals surface area contributed by atoms with Gasteiger partial charge in [0.15, 0.2) is 5.96 Å². The van der Waals surface area contributed by atoms with E-state index < -0.39 is 0 Å². The molecule has 2 N–H and O–H groups in total. The van der Waals surface area contributed by atoms with Crippen molar-refractivity contribution in [3.05, 3.63) is 84.4 Å². The van der Waals surface area contributed by atoms with Crippen LogP contribution < -0.4 is 15.4 Å². The molecule has 0 bridgehead atoms. The number of hydrogen-bond donors (Lipinski definition) is 2. The molecule has 0 spiro atoms. The van der Waals surface area contributed by atoms with Crippen LogP contribution in [0.3, 0.4) is 0 Å². The Morgan fingerprint density at radius 1 is 1.00 bits per heavy atom. The van der Waals surface area contributed by atoms with E-state index in [9.17, 15) is 0 Å². The number of aliphatic imine (C=N–C) groups is 1. The van der Waals surface area contributed by atoms with Gasteiger partial charge >= 0.3 is 0 Å². The molecule has 0 unspecified atom stereocenters. The maximum Gasteiger partial charge on any atom is 0.191 e. The Balaban J connectivity index is 1.38. The van der Waals surface area contributed by atoms with Gasteiger partial charge in [0.25, 0.3) is 0 Å². The maximum atomic E-state index is 5.68. The van der Waals surface area contributed by atoms with Crippen LogP contribution in [-0.4, -0.2) is 42.3 Å². The monoisotopic (exact) mass is 377 g/mol. The van der Waals surface area contributed by atoms with Crippen LogP contribution in [0, 0.1) is 0 Å². The molecule has 0 aliphatic heterocycles. The van der Waals surface area contributed by atoms with E-state index in [0.29, 0.717) is 13.2 Å². The molecule has 28 heavy (non-hydrogen) atoms. The number of rotatable bonds is 9. The van der Waals surface area contributed by atoms with Crippen LogP contribution in [0.2, 0.25) is 0 Å². The number of benzene rings is 2. The summed E-state index contributed by atoms with van der Waals surface area (Å²) in [4.78, 5) is 8.74. The molecule has 0 amide bonds. The predicted octanol–water partition coefficient (Wildman–Crippen LogP) is 2.72. The normalized spacial score (nSPS) is 11.2. The molecule has 0 aliphatic carbocycles. The lowest BCUT2D eigenvalue weighted by Crippen LogP contribution is -2.40. The highest BCUT2D eigenvalue weighted by Crippen LogP contribution is 2.07. The standard InChI is InChI=1S/C22H27N5O/c1-23-22(26-15-17-28-20-10-6-3-7-11-20)25-13-12-21-24-14-16-27(21)18-19-8-4-2-5-9-19/h2-11,14,16H,12-13,15,17-18H2,1H3,(H2,23,25,26). The maximum absolute atomic E-state index is 5.68.